The Balaban J connectivity index is 0.00000380. The minimum atomic E-state index is -1.11. The molecule has 200 valence electrons. The van der Waals surface area contributed by atoms with Crippen LogP contribution in [-0.4, -0.2) is 36.4 Å². The van der Waals surface area contributed by atoms with Crippen molar-refractivity contribution >= 4 is 48.0 Å². The molecule has 4 rings (SSSR count). The van der Waals surface area contributed by atoms with Gasteiger partial charge in [0.2, 0.25) is 5.91 Å². The number of nitrogens with one attached hydrogen (secondary N) is 1. The number of rotatable bonds is 9. The highest BCUT2D eigenvalue weighted by atomic mass is 79.9. The molecule has 0 radical (unpaired) electrons. The molecule has 0 saturated heterocycles. The van der Waals surface area contributed by atoms with Crippen LogP contribution in [-0.2, 0) is 22.7 Å². The van der Waals surface area contributed by atoms with Crippen LogP contribution in [0, 0.1) is 13.8 Å². The molecule has 1 aromatic heterocycles. The van der Waals surface area contributed by atoms with Crippen LogP contribution in [0.15, 0.2) is 46.9 Å². The largest absolute Gasteiger partial charge is 0.360 e. The van der Waals surface area contributed by atoms with Crippen molar-refractivity contribution in [1.82, 2.24) is 9.78 Å². The zero-order valence-electron chi connectivity index (χ0n) is 22.3. The van der Waals surface area contributed by atoms with Crippen molar-refractivity contribution in [2.24, 2.45) is 5.73 Å². The number of fused-ring (bicyclic) bond motifs is 1. The van der Waals surface area contributed by atoms with Crippen molar-refractivity contribution < 1.29 is 9.53 Å². The Kier molecular flexibility index (Phi) is 9.80. The van der Waals surface area contributed by atoms with E-state index in [1.807, 2.05) is 41.9 Å². The summed E-state index contributed by atoms with van der Waals surface area (Å²) in [5.74, 6) is -0.128. The lowest BCUT2D eigenvalue weighted by atomic mass is 9.93. The lowest BCUT2D eigenvalue weighted by Crippen LogP contribution is -2.40. The molecule has 0 spiro atoms. The van der Waals surface area contributed by atoms with Gasteiger partial charge in [-0.15, -0.1) is 12.4 Å². The number of ether oxygens (including phenoxy) is 1. The number of hydrogen-bond donors (Lipinski definition) is 2. The highest BCUT2D eigenvalue weighted by Gasteiger charge is 2.32. The van der Waals surface area contributed by atoms with Crippen LogP contribution >= 0.6 is 28.3 Å². The van der Waals surface area contributed by atoms with Gasteiger partial charge in [-0.05, 0) is 73.7 Å². The molecule has 0 saturated carbocycles. The van der Waals surface area contributed by atoms with Crippen molar-refractivity contribution in [3.63, 3.8) is 0 Å². The number of benzene rings is 2. The van der Waals surface area contributed by atoms with Gasteiger partial charge in [0.25, 0.3) is 0 Å². The van der Waals surface area contributed by atoms with Gasteiger partial charge in [0, 0.05) is 42.0 Å². The van der Waals surface area contributed by atoms with Crippen molar-refractivity contribution in [3.05, 3.63) is 69.5 Å². The van der Waals surface area contributed by atoms with Crippen LogP contribution < -0.4 is 11.1 Å². The van der Waals surface area contributed by atoms with Crippen LogP contribution in [0.5, 0.6) is 0 Å². The number of aromatic nitrogens is 2. The first kappa shape index (κ1) is 29.6. The summed E-state index contributed by atoms with van der Waals surface area (Å²) in [5.41, 5.74) is 13.8. The minimum absolute atomic E-state index is 0. The second kappa shape index (κ2) is 12.3. The van der Waals surface area contributed by atoms with E-state index >= 15 is 0 Å². The monoisotopic (exact) mass is 604 g/mol. The highest BCUT2D eigenvalue weighted by Crippen LogP contribution is 2.37. The van der Waals surface area contributed by atoms with E-state index < -0.39 is 14.1 Å². The summed E-state index contributed by atoms with van der Waals surface area (Å²) in [5, 5.41) is 7.71. The van der Waals surface area contributed by atoms with E-state index in [4.69, 9.17) is 15.6 Å². The highest BCUT2D eigenvalue weighted by molar-refractivity contribution is 9.10. The third-order valence-electron chi connectivity index (χ3n) is 7.00. The molecule has 0 bridgehead atoms. The van der Waals surface area contributed by atoms with Gasteiger partial charge in [0.15, 0.2) is 0 Å². The molecule has 3 N–H and O–H groups in total. The lowest BCUT2D eigenvalue weighted by Gasteiger charge is -2.20. The molecule has 0 aliphatic heterocycles. The van der Waals surface area contributed by atoms with Gasteiger partial charge in [-0.3, -0.25) is 4.79 Å². The molecular formula is C28H38BrClN4O2Si. The molecule has 6 nitrogen and oxygen atoms in total. The van der Waals surface area contributed by atoms with Crippen LogP contribution in [0.2, 0.25) is 25.7 Å². The van der Waals surface area contributed by atoms with E-state index in [2.05, 4.69) is 59.9 Å². The molecule has 37 heavy (non-hydrogen) atoms. The first-order valence-corrected chi connectivity index (χ1v) is 17.1. The van der Waals surface area contributed by atoms with Gasteiger partial charge in [-0.2, -0.15) is 5.10 Å². The average Bonchev–Trinajstić information content (AvgIpc) is 3.36. The van der Waals surface area contributed by atoms with Crippen LogP contribution in [0.4, 0.5) is 5.69 Å². The quantitative estimate of drug-likeness (QED) is 0.211. The third kappa shape index (κ3) is 7.12. The molecule has 1 heterocycles. The summed E-state index contributed by atoms with van der Waals surface area (Å²) in [7, 11) is -1.11. The number of aryl methyl sites for hydroxylation is 2. The Hall–Kier alpha value is -1.97. The Morgan fingerprint density at radius 2 is 1.92 bits per heavy atom. The number of amides is 1. The number of nitrogens with zero attached hydrogens (tertiary/aromatic N) is 2. The fraction of sp³-hybridized carbons (Fsp3) is 0.429. The van der Waals surface area contributed by atoms with Crippen molar-refractivity contribution in [2.75, 3.05) is 11.9 Å². The minimum Gasteiger partial charge on any atom is -0.360 e. The second-order valence-electron chi connectivity index (χ2n) is 11.0. The van der Waals surface area contributed by atoms with Crippen LogP contribution in [0.25, 0.3) is 11.1 Å². The zero-order valence-corrected chi connectivity index (χ0v) is 25.7. The number of halogens is 2. The summed E-state index contributed by atoms with van der Waals surface area (Å²) in [4.78, 5) is 13.0. The maximum absolute atomic E-state index is 13.0. The number of anilines is 1. The van der Waals surface area contributed by atoms with E-state index in [0.29, 0.717) is 6.73 Å². The molecule has 3 aromatic rings. The van der Waals surface area contributed by atoms with Gasteiger partial charge in [-0.1, -0.05) is 53.8 Å². The zero-order chi connectivity index (χ0) is 26.0. The van der Waals surface area contributed by atoms with Crippen LogP contribution in [0.1, 0.15) is 34.9 Å². The first-order chi connectivity index (χ1) is 17.0. The Bertz CT molecular complexity index is 1240. The van der Waals surface area contributed by atoms with Gasteiger partial charge < -0.3 is 15.8 Å². The standard InChI is InChI=1S/C28H37BrN4O2Si.ClH/c1-18-26(19(2)33(32-18)17-35-14-15-36(3,4)5)21-7-11-23(12-8-21)31-28(34)27(30)24-13-9-20-6-10-22(29)16-25(20)24;/h6-8,10-12,16,24,27H,9,13-15,17,30H2,1-5H3,(H,31,34);1H/t24-,27+;/m1./s1. The van der Waals surface area contributed by atoms with Crippen LogP contribution in [0.3, 0.4) is 0 Å². The van der Waals surface area contributed by atoms with Crippen molar-refractivity contribution in [2.45, 2.75) is 71.1 Å². The predicted octanol–water partition coefficient (Wildman–Crippen LogP) is 6.66. The summed E-state index contributed by atoms with van der Waals surface area (Å²) in [6.45, 7) is 12.4. The molecule has 0 fully saturated rings. The SMILES string of the molecule is Cc1nn(COCC[Si](C)(C)C)c(C)c1-c1ccc(NC(=O)[C@@H](N)[C@@H]2CCc3ccc(Br)cc32)cc1.Cl. The molecule has 1 aliphatic rings. The number of carbonyl (C=O) groups is 1. The van der Waals surface area contributed by atoms with Gasteiger partial charge in [0.1, 0.15) is 6.73 Å². The van der Waals surface area contributed by atoms with E-state index in [-0.39, 0.29) is 24.2 Å². The molecule has 2 atom stereocenters. The number of nitrogens with two attached hydrogens (primary N) is 1. The summed E-state index contributed by atoms with van der Waals surface area (Å²) >= 11 is 3.54. The normalized spacial score (nSPS) is 15.7. The Labute approximate surface area is 235 Å². The number of carbonyl (C=O) groups excluding carboxylic acids is 1. The summed E-state index contributed by atoms with van der Waals surface area (Å²) < 4.78 is 8.86. The fourth-order valence-corrected chi connectivity index (χ4v) is 6.01. The van der Waals surface area contributed by atoms with Gasteiger partial charge >= 0.3 is 0 Å². The molecule has 0 unspecified atom stereocenters. The maximum atomic E-state index is 13.0. The molecule has 9 heteroatoms. The molecule has 2 aromatic carbocycles. The van der Waals surface area contributed by atoms with Gasteiger partial charge in [-0.25, -0.2) is 4.68 Å². The topological polar surface area (TPSA) is 82.2 Å². The molecule has 1 amide bonds. The third-order valence-corrected chi connectivity index (χ3v) is 9.20. The first-order valence-electron chi connectivity index (χ1n) is 12.6. The average molecular weight is 606 g/mol. The lowest BCUT2D eigenvalue weighted by molar-refractivity contribution is -0.117. The number of hydrogen-bond acceptors (Lipinski definition) is 4. The van der Waals surface area contributed by atoms with Gasteiger partial charge in [0.05, 0.1) is 11.7 Å². The Morgan fingerprint density at radius 3 is 2.59 bits per heavy atom. The summed E-state index contributed by atoms with van der Waals surface area (Å²) in [6.07, 6.45) is 1.85. The fourth-order valence-electron chi connectivity index (χ4n) is 4.88. The van der Waals surface area contributed by atoms with Crippen molar-refractivity contribution in [1.29, 1.82) is 0 Å². The Morgan fingerprint density at radius 1 is 1.22 bits per heavy atom. The summed E-state index contributed by atoms with van der Waals surface area (Å²) in [6, 6.07) is 14.7. The van der Waals surface area contributed by atoms with Crippen molar-refractivity contribution in [3.8, 4) is 11.1 Å². The maximum Gasteiger partial charge on any atom is 0.241 e. The smallest absolute Gasteiger partial charge is 0.241 e. The van der Waals surface area contributed by atoms with E-state index in [9.17, 15) is 4.79 Å². The van der Waals surface area contributed by atoms with E-state index in [1.165, 1.54) is 11.1 Å². The van der Waals surface area contributed by atoms with E-state index in [0.717, 1.165) is 58.2 Å². The molecular weight excluding hydrogens is 568 g/mol. The second-order valence-corrected chi connectivity index (χ2v) is 17.5. The predicted molar refractivity (Wildman–Crippen MR) is 160 cm³/mol. The van der Waals surface area contributed by atoms with E-state index in [1.54, 1.807) is 0 Å². The molecule has 1 aliphatic carbocycles.